The van der Waals surface area contributed by atoms with Crippen molar-refractivity contribution in [2.45, 2.75) is 6.54 Å². The molecule has 0 saturated heterocycles. The number of ketones is 1. The third kappa shape index (κ3) is 2.76. The fourth-order valence-electron chi connectivity index (χ4n) is 3.62. The summed E-state index contributed by atoms with van der Waals surface area (Å²) in [5, 5.41) is 10.7. The summed E-state index contributed by atoms with van der Waals surface area (Å²) in [6, 6.07) is 22.9. The molecular formula is C24H17NO3. The van der Waals surface area contributed by atoms with Crippen molar-refractivity contribution in [2.75, 3.05) is 0 Å². The molecule has 4 heteroatoms. The van der Waals surface area contributed by atoms with E-state index in [-0.39, 0.29) is 17.3 Å². The van der Waals surface area contributed by atoms with Crippen molar-refractivity contribution >= 4 is 22.8 Å². The number of Topliss-reactive ketones (excluding diaryl/α,β-unsaturated/α-hetero) is 1. The van der Waals surface area contributed by atoms with Crippen LogP contribution in [-0.4, -0.2) is 15.5 Å². The molecule has 5 rings (SSSR count). The maximum absolute atomic E-state index is 12.7. The van der Waals surface area contributed by atoms with Crippen LogP contribution in [0.15, 0.2) is 84.8 Å². The lowest BCUT2D eigenvalue weighted by molar-refractivity contribution is 0.101. The summed E-state index contributed by atoms with van der Waals surface area (Å²) >= 11 is 0. The third-order valence-corrected chi connectivity index (χ3v) is 4.96. The molecule has 4 nitrogen and oxygen atoms in total. The zero-order valence-electron chi connectivity index (χ0n) is 15.0. The highest BCUT2D eigenvalue weighted by atomic mass is 16.5. The first-order valence-electron chi connectivity index (χ1n) is 9.08. The van der Waals surface area contributed by atoms with Crippen LogP contribution in [0.2, 0.25) is 0 Å². The minimum atomic E-state index is -0.171. The van der Waals surface area contributed by atoms with E-state index in [1.54, 1.807) is 12.1 Å². The Balaban J connectivity index is 1.57. The number of allylic oxidation sites excluding steroid dienone is 1. The molecule has 0 spiro atoms. The van der Waals surface area contributed by atoms with Gasteiger partial charge < -0.3 is 14.4 Å². The number of fused-ring (bicyclic) bond motifs is 2. The van der Waals surface area contributed by atoms with Gasteiger partial charge in [0.15, 0.2) is 5.76 Å². The molecule has 2 heterocycles. The maximum atomic E-state index is 12.7. The fraction of sp³-hybridized carbons (Fsp3) is 0.0417. The monoisotopic (exact) mass is 367 g/mol. The minimum absolute atomic E-state index is 0.0762. The van der Waals surface area contributed by atoms with E-state index in [0.717, 1.165) is 23.0 Å². The smallest absolute Gasteiger partial charge is 0.231 e. The molecule has 4 aromatic rings. The highest BCUT2D eigenvalue weighted by Gasteiger charge is 2.27. The largest absolute Gasteiger partial charge is 0.508 e. The lowest BCUT2D eigenvalue weighted by Crippen LogP contribution is -1.98. The van der Waals surface area contributed by atoms with E-state index in [1.807, 2.05) is 42.6 Å². The van der Waals surface area contributed by atoms with Crippen LogP contribution >= 0.6 is 0 Å². The lowest BCUT2D eigenvalue weighted by atomic mass is 10.1. The number of ether oxygens (including phenoxy) is 1. The maximum Gasteiger partial charge on any atom is 0.231 e. The molecule has 0 atom stereocenters. The van der Waals surface area contributed by atoms with Gasteiger partial charge in [0.25, 0.3) is 0 Å². The van der Waals surface area contributed by atoms with Crippen molar-refractivity contribution < 1.29 is 14.6 Å². The summed E-state index contributed by atoms with van der Waals surface area (Å²) in [7, 11) is 0. The third-order valence-electron chi connectivity index (χ3n) is 4.96. The Morgan fingerprint density at radius 1 is 0.964 bits per heavy atom. The van der Waals surface area contributed by atoms with Crippen LogP contribution in [0.5, 0.6) is 11.5 Å². The van der Waals surface area contributed by atoms with Crippen LogP contribution in [0.4, 0.5) is 0 Å². The van der Waals surface area contributed by atoms with Gasteiger partial charge in [0.2, 0.25) is 5.78 Å². The number of hydrogen-bond donors (Lipinski definition) is 1. The molecule has 3 aromatic carbocycles. The number of para-hydroxylation sites is 1. The topological polar surface area (TPSA) is 51.5 Å². The SMILES string of the molecule is O=C1/C(=C/c2cn(Cc3ccccc3)c3ccccc23)Oc2cc(O)ccc21. The quantitative estimate of drug-likeness (QED) is 0.518. The van der Waals surface area contributed by atoms with Gasteiger partial charge in [0.05, 0.1) is 5.56 Å². The summed E-state index contributed by atoms with van der Waals surface area (Å²) < 4.78 is 7.90. The summed E-state index contributed by atoms with van der Waals surface area (Å²) in [6.07, 6.45) is 3.82. The molecule has 0 fully saturated rings. The fourth-order valence-corrected chi connectivity index (χ4v) is 3.62. The van der Waals surface area contributed by atoms with Crippen LogP contribution in [0.25, 0.3) is 17.0 Å². The Kier molecular flexibility index (Phi) is 3.76. The zero-order chi connectivity index (χ0) is 19.1. The van der Waals surface area contributed by atoms with E-state index < -0.39 is 0 Å². The average molecular weight is 367 g/mol. The zero-order valence-corrected chi connectivity index (χ0v) is 15.0. The van der Waals surface area contributed by atoms with Crippen LogP contribution in [0, 0.1) is 0 Å². The van der Waals surface area contributed by atoms with E-state index in [2.05, 4.69) is 22.8 Å². The highest BCUT2D eigenvalue weighted by molar-refractivity contribution is 6.15. The molecule has 1 aromatic heterocycles. The predicted octanol–water partition coefficient (Wildman–Crippen LogP) is 5.01. The van der Waals surface area contributed by atoms with Gasteiger partial charge in [0.1, 0.15) is 11.5 Å². The van der Waals surface area contributed by atoms with Crippen molar-refractivity contribution in [3.05, 3.63) is 101 Å². The van der Waals surface area contributed by atoms with Crippen molar-refractivity contribution in [3.63, 3.8) is 0 Å². The Morgan fingerprint density at radius 3 is 2.61 bits per heavy atom. The van der Waals surface area contributed by atoms with E-state index >= 15 is 0 Å². The number of nitrogens with zero attached hydrogens (tertiary/aromatic N) is 1. The second-order valence-electron chi connectivity index (χ2n) is 6.84. The molecule has 136 valence electrons. The number of benzene rings is 3. The normalized spacial score (nSPS) is 14.4. The summed E-state index contributed by atoms with van der Waals surface area (Å²) in [5.74, 6) is 0.564. The number of carbonyl (C=O) groups is 1. The molecule has 1 aliphatic heterocycles. The van der Waals surface area contributed by atoms with Crippen LogP contribution in [-0.2, 0) is 6.54 Å². The molecule has 1 aliphatic rings. The van der Waals surface area contributed by atoms with Crippen LogP contribution in [0.1, 0.15) is 21.5 Å². The number of hydrogen-bond acceptors (Lipinski definition) is 3. The summed E-state index contributed by atoms with van der Waals surface area (Å²) in [5.41, 5.74) is 3.70. The average Bonchev–Trinajstić information content (AvgIpc) is 3.21. The van der Waals surface area contributed by atoms with Gasteiger partial charge in [-0.15, -0.1) is 0 Å². The predicted molar refractivity (Wildman–Crippen MR) is 109 cm³/mol. The van der Waals surface area contributed by atoms with Crippen LogP contribution < -0.4 is 4.74 Å². The van der Waals surface area contributed by atoms with E-state index in [0.29, 0.717) is 11.3 Å². The second kappa shape index (κ2) is 6.43. The number of phenolic OH excluding ortho intramolecular Hbond substituents is 1. The molecule has 0 unspecified atom stereocenters. The molecule has 0 bridgehead atoms. The van der Waals surface area contributed by atoms with Gasteiger partial charge >= 0.3 is 0 Å². The molecule has 0 radical (unpaired) electrons. The first-order valence-corrected chi connectivity index (χ1v) is 9.08. The lowest BCUT2D eigenvalue weighted by Gasteiger charge is -2.05. The molecule has 0 amide bonds. The van der Waals surface area contributed by atoms with Gasteiger partial charge in [-0.3, -0.25) is 4.79 Å². The number of carbonyl (C=O) groups excluding carboxylic acids is 1. The molecule has 1 N–H and O–H groups in total. The minimum Gasteiger partial charge on any atom is -0.508 e. The number of phenols is 1. The first kappa shape index (κ1) is 16.4. The van der Waals surface area contributed by atoms with Crippen LogP contribution in [0.3, 0.4) is 0 Å². The van der Waals surface area contributed by atoms with Crippen molar-refractivity contribution in [2.24, 2.45) is 0 Å². The first-order chi connectivity index (χ1) is 13.7. The Bertz CT molecular complexity index is 1240. The second-order valence-corrected chi connectivity index (χ2v) is 6.84. The molecule has 0 saturated carbocycles. The number of aromatic nitrogens is 1. The Hall–Kier alpha value is -3.79. The van der Waals surface area contributed by atoms with Crippen molar-refractivity contribution in [3.8, 4) is 11.5 Å². The Morgan fingerprint density at radius 2 is 1.75 bits per heavy atom. The van der Waals surface area contributed by atoms with Crippen molar-refractivity contribution in [1.29, 1.82) is 0 Å². The summed E-state index contributed by atoms with van der Waals surface area (Å²) in [4.78, 5) is 12.7. The summed E-state index contributed by atoms with van der Waals surface area (Å²) in [6.45, 7) is 0.743. The van der Waals surface area contributed by atoms with Gasteiger partial charge in [-0.25, -0.2) is 0 Å². The Labute approximate surface area is 161 Å². The van der Waals surface area contributed by atoms with Gasteiger partial charge in [-0.1, -0.05) is 48.5 Å². The van der Waals surface area contributed by atoms with Gasteiger partial charge in [-0.2, -0.15) is 0 Å². The van der Waals surface area contributed by atoms with E-state index in [1.165, 1.54) is 17.7 Å². The van der Waals surface area contributed by atoms with E-state index in [9.17, 15) is 9.90 Å². The van der Waals surface area contributed by atoms with Gasteiger partial charge in [0, 0.05) is 35.3 Å². The van der Waals surface area contributed by atoms with Gasteiger partial charge in [-0.05, 0) is 29.8 Å². The highest BCUT2D eigenvalue weighted by Crippen LogP contribution is 2.35. The standard InChI is InChI=1S/C24H17NO3/c26-18-10-11-20-22(13-18)28-23(24(20)27)12-17-15-25(14-16-6-2-1-3-7-16)21-9-5-4-8-19(17)21/h1-13,15,26H,14H2/b23-12-. The molecule has 28 heavy (non-hydrogen) atoms. The molecule has 0 aliphatic carbocycles. The number of rotatable bonds is 3. The van der Waals surface area contributed by atoms with E-state index in [4.69, 9.17) is 4.74 Å². The number of aromatic hydroxyl groups is 1. The van der Waals surface area contributed by atoms with Crippen molar-refractivity contribution in [1.82, 2.24) is 4.57 Å². The molecular weight excluding hydrogens is 350 g/mol.